The number of anilines is 1. The number of carboxylic acid groups (broad SMARTS) is 1. The highest BCUT2D eigenvalue weighted by Gasteiger charge is 2.38. The van der Waals surface area contributed by atoms with Gasteiger partial charge in [-0.1, -0.05) is 60.7 Å². The van der Waals surface area contributed by atoms with Crippen LogP contribution >= 0.6 is 0 Å². The van der Waals surface area contributed by atoms with E-state index < -0.39 is 12.1 Å². The van der Waals surface area contributed by atoms with Crippen LogP contribution in [-0.4, -0.2) is 108 Å². The summed E-state index contributed by atoms with van der Waals surface area (Å²) >= 11 is 0. The average molecular weight is 765 g/mol. The molecule has 6 heterocycles. The van der Waals surface area contributed by atoms with Crippen molar-refractivity contribution in [3.8, 4) is 33.9 Å². The maximum atomic E-state index is 10.6. The van der Waals surface area contributed by atoms with E-state index >= 15 is 0 Å². The fourth-order valence-electron chi connectivity index (χ4n) is 7.20. The van der Waals surface area contributed by atoms with E-state index in [9.17, 15) is 13.2 Å². The number of piperidine rings is 2. The standard InChI is InChI=1S/C39H42N10.C2HF3O2/c1-47(2)32-17-22-49(23-18-32)39-41-25-31-24-33(28-8-4-3-5-9-28)35(42-36(31)44-39)29-13-11-27(12-14-29)26-48-20-15-30(16-21-48)37-43-38(46-45-37)34-10-6-7-19-40-34;3-2(4,5)1(6)7/h3-14,19,24-25,30,32H,15-18,20-23,26H2,1-2H3,(H,43,45,46);(H,6,7). The Balaban J connectivity index is 0.000000629. The molecule has 0 radical (unpaired) electrons. The highest BCUT2D eigenvalue weighted by molar-refractivity contribution is 5.90. The van der Waals surface area contributed by atoms with E-state index in [0.29, 0.717) is 17.8 Å². The number of fused-ring (bicyclic) bond motifs is 1. The zero-order valence-corrected chi connectivity index (χ0v) is 31.2. The molecule has 0 aliphatic carbocycles. The second-order valence-electron chi connectivity index (χ2n) is 14.3. The summed E-state index contributed by atoms with van der Waals surface area (Å²) in [5, 5.41) is 15.7. The molecular weight excluding hydrogens is 722 g/mol. The van der Waals surface area contributed by atoms with E-state index in [-0.39, 0.29) is 0 Å². The molecular formula is C41H43F3N10O2. The van der Waals surface area contributed by atoms with Gasteiger partial charge < -0.3 is 14.9 Å². The van der Waals surface area contributed by atoms with Crippen LogP contribution in [0.5, 0.6) is 0 Å². The largest absolute Gasteiger partial charge is 0.490 e. The van der Waals surface area contributed by atoms with Crippen LogP contribution in [0.3, 0.4) is 0 Å². The summed E-state index contributed by atoms with van der Waals surface area (Å²) in [6.07, 6.45) is 2.95. The van der Waals surface area contributed by atoms with Crippen LogP contribution < -0.4 is 4.90 Å². The molecule has 2 N–H and O–H groups in total. The molecule has 0 unspecified atom stereocenters. The van der Waals surface area contributed by atoms with E-state index in [1.54, 1.807) is 6.20 Å². The lowest BCUT2D eigenvalue weighted by Crippen LogP contribution is -2.42. The van der Waals surface area contributed by atoms with Gasteiger partial charge in [0, 0.05) is 60.5 Å². The Labute approximate surface area is 322 Å². The van der Waals surface area contributed by atoms with Crippen molar-refractivity contribution >= 4 is 23.0 Å². The average Bonchev–Trinajstić information content (AvgIpc) is 3.72. The van der Waals surface area contributed by atoms with Crippen molar-refractivity contribution in [2.45, 2.75) is 50.4 Å². The van der Waals surface area contributed by atoms with Gasteiger partial charge in [-0.05, 0) is 82.2 Å². The Bertz CT molecular complexity index is 2220. The number of aromatic amines is 1. The number of carbonyl (C=O) groups is 1. The first kappa shape index (κ1) is 38.5. The first-order chi connectivity index (χ1) is 27.0. The van der Waals surface area contributed by atoms with Crippen molar-refractivity contribution in [3.63, 3.8) is 0 Å². The Morgan fingerprint density at radius 3 is 2.20 bits per heavy atom. The molecule has 2 fully saturated rings. The van der Waals surface area contributed by atoms with Gasteiger partial charge in [0.15, 0.2) is 11.5 Å². The summed E-state index contributed by atoms with van der Waals surface area (Å²) in [6, 6.07) is 28.0. The number of carboxylic acids is 1. The number of halogens is 3. The van der Waals surface area contributed by atoms with E-state index in [2.05, 4.69) is 105 Å². The van der Waals surface area contributed by atoms with Gasteiger partial charge in [-0.3, -0.25) is 15.0 Å². The maximum absolute atomic E-state index is 10.6. The number of nitrogens with one attached hydrogen (secondary N) is 1. The van der Waals surface area contributed by atoms with Gasteiger partial charge >= 0.3 is 12.1 Å². The monoisotopic (exact) mass is 764 g/mol. The van der Waals surface area contributed by atoms with Gasteiger partial charge in [0.25, 0.3) is 0 Å². The summed E-state index contributed by atoms with van der Waals surface area (Å²) in [7, 11) is 4.33. The fraction of sp³-hybridized carbons (Fsp3) is 0.341. The molecule has 0 saturated carbocycles. The number of aliphatic carboxylic acids is 1. The Hall–Kier alpha value is -5.80. The van der Waals surface area contributed by atoms with Gasteiger partial charge in [-0.25, -0.2) is 19.7 Å². The number of nitrogens with zero attached hydrogens (tertiary/aromatic N) is 9. The van der Waals surface area contributed by atoms with Crippen molar-refractivity contribution < 1.29 is 23.1 Å². The summed E-state index contributed by atoms with van der Waals surface area (Å²) in [5.74, 6) is 0.0306. The molecule has 2 aromatic carbocycles. The summed E-state index contributed by atoms with van der Waals surface area (Å²) < 4.78 is 31.7. The van der Waals surface area contributed by atoms with E-state index in [0.717, 1.165) is 109 Å². The number of H-pyrrole nitrogens is 1. The molecule has 15 heteroatoms. The lowest BCUT2D eigenvalue weighted by atomic mass is 9.95. The molecule has 2 aliphatic heterocycles. The minimum absolute atomic E-state index is 0.383. The Kier molecular flexibility index (Phi) is 11.6. The molecule has 56 heavy (non-hydrogen) atoms. The van der Waals surface area contributed by atoms with Crippen LogP contribution in [0.2, 0.25) is 0 Å². The third-order valence-corrected chi connectivity index (χ3v) is 10.4. The maximum Gasteiger partial charge on any atom is 0.490 e. The number of aromatic nitrogens is 7. The van der Waals surface area contributed by atoms with Gasteiger partial charge in [0.05, 0.1) is 5.69 Å². The third kappa shape index (κ3) is 9.17. The number of pyridine rings is 2. The third-order valence-electron chi connectivity index (χ3n) is 10.4. The van der Waals surface area contributed by atoms with Gasteiger partial charge in [0.2, 0.25) is 5.95 Å². The summed E-state index contributed by atoms with van der Waals surface area (Å²) in [6.45, 7) is 4.86. The Morgan fingerprint density at radius 1 is 0.857 bits per heavy atom. The summed E-state index contributed by atoms with van der Waals surface area (Å²) in [4.78, 5) is 40.2. The number of benzene rings is 2. The number of hydrogen-bond acceptors (Lipinski definition) is 10. The molecule has 0 amide bonds. The Morgan fingerprint density at radius 2 is 1.55 bits per heavy atom. The minimum atomic E-state index is -5.08. The lowest BCUT2D eigenvalue weighted by Gasteiger charge is -2.35. The van der Waals surface area contributed by atoms with Crippen molar-refractivity contribution in [2.75, 3.05) is 45.2 Å². The summed E-state index contributed by atoms with van der Waals surface area (Å²) in [5.41, 5.74) is 7.09. The normalized spacial score (nSPS) is 15.9. The minimum Gasteiger partial charge on any atom is -0.475 e. The van der Waals surface area contributed by atoms with Crippen LogP contribution in [0, 0.1) is 0 Å². The van der Waals surface area contributed by atoms with Crippen LogP contribution in [0.15, 0.2) is 91.3 Å². The van der Waals surface area contributed by atoms with Crippen LogP contribution in [0.25, 0.3) is 44.9 Å². The van der Waals surface area contributed by atoms with Crippen molar-refractivity contribution in [2.24, 2.45) is 0 Å². The fourth-order valence-corrected chi connectivity index (χ4v) is 7.20. The predicted octanol–water partition coefficient (Wildman–Crippen LogP) is 7.08. The highest BCUT2D eigenvalue weighted by atomic mass is 19.4. The molecule has 12 nitrogen and oxygen atoms in total. The highest BCUT2D eigenvalue weighted by Crippen LogP contribution is 2.34. The van der Waals surface area contributed by atoms with Crippen molar-refractivity contribution in [1.82, 2.24) is 44.9 Å². The molecule has 0 bridgehead atoms. The quantitative estimate of drug-likeness (QED) is 0.164. The van der Waals surface area contributed by atoms with Gasteiger partial charge in [-0.2, -0.15) is 23.3 Å². The van der Waals surface area contributed by atoms with E-state index in [1.807, 2.05) is 24.4 Å². The van der Waals surface area contributed by atoms with E-state index in [4.69, 9.17) is 29.8 Å². The van der Waals surface area contributed by atoms with Crippen LogP contribution in [0.1, 0.15) is 43.0 Å². The van der Waals surface area contributed by atoms with Crippen LogP contribution in [0.4, 0.5) is 19.1 Å². The predicted molar refractivity (Wildman–Crippen MR) is 208 cm³/mol. The SMILES string of the molecule is CN(C)C1CCN(c2ncc3cc(-c4ccccc4)c(-c4ccc(CN5CCC(c6nc(-c7ccccn7)n[nH]6)CC5)cc4)nc3n2)CC1.O=C(O)C(F)(F)F. The zero-order chi connectivity index (χ0) is 39.2. The van der Waals surface area contributed by atoms with Crippen molar-refractivity contribution in [1.29, 1.82) is 0 Å². The molecule has 6 aromatic rings. The molecule has 2 saturated heterocycles. The molecule has 290 valence electrons. The first-order valence-corrected chi connectivity index (χ1v) is 18.6. The number of rotatable bonds is 8. The van der Waals surface area contributed by atoms with Crippen molar-refractivity contribution in [3.05, 3.63) is 103 Å². The number of likely N-dealkylation sites (tertiary alicyclic amines) is 1. The second kappa shape index (κ2) is 16.9. The first-order valence-electron chi connectivity index (χ1n) is 18.6. The number of hydrogen-bond donors (Lipinski definition) is 2. The molecule has 2 aliphatic rings. The lowest BCUT2D eigenvalue weighted by molar-refractivity contribution is -0.192. The molecule has 0 atom stereocenters. The number of alkyl halides is 3. The van der Waals surface area contributed by atoms with Crippen LogP contribution in [-0.2, 0) is 11.3 Å². The van der Waals surface area contributed by atoms with Gasteiger partial charge in [-0.15, -0.1) is 0 Å². The topological polar surface area (TPSA) is 140 Å². The van der Waals surface area contributed by atoms with E-state index in [1.165, 1.54) is 5.56 Å². The zero-order valence-electron chi connectivity index (χ0n) is 31.2. The van der Waals surface area contributed by atoms with Gasteiger partial charge in [0.1, 0.15) is 11.5 Å². The second-order valence-corrected chi connectivity index (χ2v) is 14.3. The smallest absolute Gasteiger partial charge is 0.475 e. The molecule has 4 aromatic heterocycles. The molecule has 8 rings (SSSR count). The molecule has 0 spiro atoms.